The van der Waals surface area contributed by atoms with Gasteiger partial charge in [-0.1, -0.05) is 31.0 Å². The average Bonchev–Trinajstić information content (AvgIpc) is 3.05. The summed E-state index contributed by atoms with van der Waals surface area (Å²) in [6, 6.07) is 7.52. The monoisotopic (exact) mass is 258 g/mol. The Balaban J connectivity index is 1.92. The molecular formula is C15H18N2O2. The topological polar surface area (TPSA) is 65.1 Å². The van der Waals surface area contributed by atoms with Crippen LogP contribution in [0.5, 0.6) is 0 Å². The van der Waals surface area contributed by atoms with E-state index in [9.17, 15) is 9.90 Å². The Hall–Kier alpha value is -1.81. The summed E-state index contributed by atoms with van der Waals surface area (Å²) in [5, 5.41) is 13.8. The molecule has 19 heavy (non-hydrogen) atoms. The van der Waals surface area contributed by atoms with Gasteiger partial charge in [0, 0.05) is 28.7 Å². The van der Waals surface area contributed by atoms with Crippen LogP contribution in [0.25, 0.3) is 10.9 Å². The zero-order valence-electron chi connectivity index (χ0n) is 10.7. The first kappa shape index (κ1) is 12.2. The number of hydrogen-bond acceptors (Lipinski definition) is 2. The molecule has 1 aromatic carbocycles. The number of rotatable bonds is 4. The zero-order valence-corrected chi connectivity index (χ0v) is 10.7. The maximum atomic E-state index is 11.6. The molecule has 1 atom stereocenters. The Kier molecular flexibility index (Phi) is 3.25. The molecule has 4 heteroatoms. The Morgan fingerprint density at radius 1 is 1.32 bits per heavy atom. The molecule has 0 radical (unpaired) electrons. The molecule has 1 aliphatic carbocycles. The van der Waals surface area contributed by atoms with Crippen LogP contribution >= 0.6 is 0 Å². The normalized spacial score (nSPS) is 17.9. The molecule has 1 unspecified atom stereocenters. The van der Waals surface area contributed by atoms with Gasteiger partial charge in [-0.05, 0) is 18.9 Å². The summed E-state index contributed by atoms with van der Waals surface area (Å²) < 4.78 is 0. The highest BCUT2D eigenvalue weighted by Crippen LogP contribution is 2.27. The van der Waals surface area contributed by atoms with Crippen LogP contribution in [0, 0.1) is 0 Å². The third-order valence-corrected chi connectivity index (χ3v) is 3.94. The maximum absolute atomic E-state index is 11.6. The molecule has 100 valence electrons. The third-order valence-electron chi connectivity index (χ3n) is 3.94. The maximum Gasteiger partial charge on any atom is 0.325 e. The number of carbonyl (C=O) groups is 1. The van der Waals surface area contributed by atoms with Crippen molar-refractivity contribution in [2.24, 2.45) is 0 Å². The number of nitrogens with one attached hydrogen (secondary N) is 2. The third kappa shape index (κ3) is 2.36. The number of fused-ring (bicyclic) bond motifs is 1. The van der Waals surface area contributed by atoms with Crippen molar-refractivity contribution in [3.8, 4) is 0 Å². The van der Waals surface area contributed by atoms with E-state index in [1.807, 2.05) is 30.5 Å². The Bertz CT molecular complexity index is 585. The predicted octanol–water partition coefficient (Wildman–Crippen LogP) is 2.83. The highest BCUT2D eigenvalue weighted by molar-refractivity contribution is 5.89. The number of H-pyrrole nitrogens is 1. The van der Waals surface area contributed by atoms with Gasteiger partial charge in [-0.2, -0.15) is 0 Å². The lowest BCUT2D eigenvalue weighted by Gasteiger charge is -2.19. The minimum absolute atomic E-state index is 0.328. The SMILES string of the molecule is O=C(O)C(NC1CCCC1)c1c[nH]c2ccccc12. The fraction of sp³-hybridized carbons (Fsp3) is 0.400. The van der Waals surface area contributed by atoms with E-state index in [-0.39, 0.29) is 0 Å². The number of carboxylic acid groups (broad SMARTS) is 1. The van der Waals surface area contributed by atoms with Crippen molar-refractivity contribution in [2.45, 2.75) is 37.8 Å². The predicted molar refractivity (Wildman–Crippen MR) is 74.1 cm³/mol. The standard InChI is InChI=1S/C15H18N2O2/c18-15(19)14(17-10-5-1-2-6-10)12-9-16-13-8-4-3-7-11(12)13/h3-4,7-10,14,16-17H,1-2,5-6H2,(H,18,19). The summed E-state index contributed by atoms with van der Waals surface area (Å²) in [4.78, 5) is 14.7. The molecule has 3 rings (SSSR count). The molecule has 0 aliphatic heterocycles. The van der Waals surface area contributed by atoms with Gasteiger partial charge in [-0.15, -0.1) is 0 Å². The largest absolute Gasteiger partial charge is 0.480 e. The highest BCUT2D eigenvalue weighted by atomic mass is 16.4. The lowest BCUT2D eigenvalue weighted by atomic mass is 10.0. The minimum Gasteiger partial charge on any atom is -0.480 e. The van der Waals surface area contributed by atoms with Crippen LogP contribution in [0.15, 0.2) is 30.5 Å². The van der Waals surface area contributed by atoms with E-state index in [1.54, 1.807) is 0 Å². The Morgan fingerprint density at radius 3 is 2.79 bits per heavy atom. The number of hydrogen-bond donors (Lipinski definition) is 3. The molecule has 1 heterocycles. The molecule has 0 saturated heterocycles. The van der Waals surface area contributed by atoms with Crippen LogP contribution in [-0.4, -0.2) is 22.1 Å². The summed E-state index contributed by atoms with van der Waals surface area (Å²) >= 11 is 0. The Morgan fingerprint density at radius 2 is 2.05 bits per heavy atom. The van der Waals surface area contributed by atoms with Crippen molar-refractivity contribution < 1.29 is 9.90 Å². The van der Waals surface area contributed by atoms with Crippen molar-refractivity contribution >= 4 is 16.9 Å². The van der Waals surface area contributed by atoms with Gasteiger partial charge < -0.3 is 10.1 Å². The van der Waals surface area contributed by atoms with Crippen LogP contribution in [0.3, 0.4) is 0 Å². The molecule has 2 aromatic rings. The highest BCUT2D eigenvalue weighted by Gasteiger charge is 2.27. The van der Waals surface area contributed by atoms with Crippen LogP contribution in [0.1, 0.15) is 37.3 Å². The van der Waals surface area contributed by atoms with Gasteiger partial charge in [0.05, 0.1) is 0 Å². The summed E-state index contributed by atoms with van der Waals surface area (Å²) in [6.45, 7) is 0. The van der Waals surface area contributed by atoms with Gasteiger partial charge in [-0.3, -0.25) is 10.1 Å². The molecule has 1 aromatic heterocycles. The molecule has 4 nitrogen and oxygen atoms in total. The van der Waals surface area contributed by atoms with Gasteiger partial charge in [-0.25, -0.2) is 0 Å². The van der Waals surface area contributed by atoms with E-state index >= 15 is 0 Å². The van der Waals surface area contributed by atoms with Crippen molar-refractivity contribution in [1.29, 1.82) is 0 Å². The van der Waals surface area contributed by atoms with Gasteiger partial charge in [0.1, 0.15) is 6.04 Å². The molecular weight excluding hydrogens is 240 g/mol. The molecule has 1 aliphatic rings. The first-order valence-electron chi connectivity index (χ1n) is 6.80. The van der Waals surface area contributed by atoms with E-state index in [2.05, 4.69) is 10.3 Å². The number of aromatic amines is 1. The van der Waals surface area contributed by atoms with Gasteiger partial charge in [0.2, 0.25) is 0 Å². The number of aromatic nitrogens is 1. The van der Waals surface area contributed by atoms with Gasteiger partial charge in [0.25, 0.3) is 0 Å². The molecule has 1 fully saturated rings. The second kappa shape index (κ2) is 5.05. The van der Waals surface area contributed by atoms with Crippen LogP contribution < -0.4 is 5.32 Å². The fourth-order valence-electron chi connectivity index (χ4n) is 2.96. The van der Waals surface area contributed by atoms with Gasteiger partial charge in [0.15, 0.2) is 0 Å². The van der Waals surface area contributed by atoms with Crippen LogP contribution in [0.4, 0.5) is 0 Å². The van der Waals surface area contributed by atoms with Crippen molar-refractivity contribution in [3.63, 3.8) is 0 Å². The number of aliphatic carboxylic acids is 1. The van der Waals surface area contributed by atoms with Crippen molar-refractivity contribution in [1.82, 2.24) is 10.3 Å². The number of carboxylic acids is 1. The lowest BCUT2D eigenvalue weighted by Crippen LogP contribution is -2.35. The van der Waals surface area contributed by atoms with Crippen LogP contribution in [-0.2, 0) is 4.79 Å². The van der Waals surface area contributed by atoms with Crippen LogP contribution in [0.2, 0.25) is 0 Å². The minimum atomic E-state index is -0.809. The second-order valence-electron chi connectivity index (χ2n) is 5.21. The molecule has 3 N–H and O–H groups in total. The lowest BCUT2D eigenvalue weighted by molar-refractivity contribution is -0.139. The second-order valence-corrected chi connectivity index (χ2v) is 5.21. The van der Waals surface area contributed by atoms with E-state index in [0.717, 1.165) is 29.3 Å². The fourth-order valence-corrected chi connectivity index (χ4v) is 2.96. The molecule has 0 bridgehead atoms. The smallest absolute Gasteiger partial charge is 0.325 e. The van der Waals surface area contributed by atoms with Crippen molar-refractivity contribution in [2.75, 3.05) is 0 Å². The summed E-state index contributed by atoms with van der Waals surface area (Å²) in [5.41, 5.74) is 1.81. The van der Waals surface area contributed by atoms with Gasteiger partial charge >= 0.3 is 5.97 Å². The van der Waals surface area contributed by atoms with E-state index in [4.69, 9.17) is 0 Å². The molecule has 0 spiro atoms. The first-order valence-corrected chi connectivity index (χ1v) is 6.80. The summed E-state index contributed by atoms with van der Waals surface area (Å²) in [6.07, 6.45) is 6.35. The van der Waals surface area contributed by atoms with E-state index in [0.29, 0.717) is 6.04 Å². The summed E-state index contributed by atoms with van der Waals surface area (Å²) in [7, 11) is 0. The Labute approximate surface area is 111 Å². The zero-order chi connectivity index (χ0) is 13.2. The van der Waals surface area contributed by atoms with E-state index in [1.165, 1.54) is 12.8 Å². The molecule has 0 amide bonds. The quantitative estimate of drug-likeness (QED) is 0.790. The van der Waals surface area contributed by atoms with E-state index < -0.39 is 12.0 Å². The van der Waals surface area contributed by atoms with Crippen molar-refractivity contribution in [3.05, 3.63) is 36.0 Å². The number of para-hydroxylation sites is 1. The number of benzene rings is 1. The molecule has 1 saturated carbocycles. The first-order chi connectivity index (χ1) is 9.25. The average molecular weight is 258 g/mol. The summed E-state index contributed by atoms with van der Waals surface area (Å²) in [5.74, 6) is -0.809.